The summed E-state index contributed by atoms with van der Waals surface area (Å²) < 4.78 is 1.04. The van der Waals surface area contributed by atoms with E-state index in [9.17, 15) is 19.7 Å². The minimum atomic E-state index is -0.579. The Morgan fingerprint density at radius 1 is 1.17 bits per heavy atom. The largest absolute Gasteiger partial charge is 0.381 e. The number of halogens is 1. The minimum Gasteiger partial charge on any atom is -0.381 e. The van der Waals surface area contributed by atoms with E-state index in [4.69, 9.17) is 11.6 Å². The van der Waals surface area contributed by atoms with Crippen LogP contribution in [0.25, 0.3) is 5.69 Å². The van der Waals surface area contributed by atoms with Crippen molar-refractivity contribution in [1.82, 2.24) is 20.1 Å². The van der Waals surface area contributed by atoms with Gasteiger partial charge < -0.3 is 10.6 Å². The molecular formula is C18H15ClN6O4. The Morgan fingerprint density at radius 3 is 2.59 bits per heavy atom. The van der Waals surface area contributed by atoms with Crippen LogP contribution in [0, 0.1) is 10.1 Å². The highest BCUT2D eigenvalue weighted by Crippen LogP contribution is 2.18. The second-order valence-corrected chi connectivity index (χ2v) is 6.17. The molecule has 0 unspecified atom stereocenters. The Hall–Kier alpha value is -3.79. The molecule has 0 bridgehead atoms. The number of rotatable bonds is 7. The van der Waals surface area contributed by atoms with Crippen LogP contribution in [0.1, 0.15) is 10.4 Å². The lowest BCUT2D eigenvalue weighted by molar-refractivity contribution is -0.384. The smallest absolute Gasteiger partial charge is 0.292 e. The molecule has 0 spiro atoms. The van der Waals surface area contributed by atoms with Crippen molar-refractivity contribution in [3.8, 4) is 5.69 Å². The molecule has 0 atom stereocenters. The Kier molecular flexibility index (Phi) is 6.15. The Bertz CT molecular complexity index is 1090. The fraction of sp³-hybridized carbons (Fsp3) is 0.111. The molecule has 10 nitrogen and oxygen atoms in total. The Labute approximate surface area is 169 Å². The average Bonchev–Trinajstić information content (AvgIpc) is 2.74. The lowest BCUT2D eigenvalue weighted by Gasteiger charge is -2.11. The highest BCUT2D eigenvalue weighted by atomic mass is 35.5. The molecule has 0 aliphatic heterocycles. The van der Waals surface area contributed by atoms with Gasteiger partial charge in [-0.25, -0.2) is 0 Å². The van der Waals surface area contributed by atoms with E-state index in [2.05, 4.69) is 20.7 Å². The van der Waals surface area contributed by atoms with Crippen LogP contribution in [-0.4, -0.2) is 38.7 Å². The van der Waals surface area contributed by atoms with Gasteiger partial charge in [-0.1, -0.05) is 11.6 Å². The molecule has 11 heteroatoms. The predicted molar refractivity (Wildman–Crippen MR) is 107 cm³/mol. The van der Waals surface area contributed by atoms with Crippen LogP contribution >= 0.6 is 11.6 Å². The number of amides is 1. The molecular weight excluding hydrogens is 400 g/mol. The predicted octanol–water partition coefficient (Wildman–Crippen LogP) is 2.03. The summed E-state index contributed by atoms with van der Waals surface area (Å²) in [5, 5.41) is 20.3. The zero-order valence-electron chi connectivity index (χ0n) is 14.9. The first-order chi connectivity index (χ1) is 14.0. The van der Waals surface area contributed by atoms with Crippen molar-refractivity contribution in [2.24, 2.45) is 0 Å². The van der Waals surface area contributed by atoms with E-state index in [1.54, 1.807) is 18.3 Å². The highest BCUT2D eigenvalue weighted by Gasteiger charge is 2.12. The normalized spacial score (nSPS) is 10.4. The van der Waals surface area contributed by atoms with Crippen molar-refractivity contribution in [3.63, 3.8) is 0 Å². The molecule has 0 saturated heterocycles. The number of anilines is 1. The number of nitrogens with one attached hydrogen (secondary N) is 2. The van der Waals surface area contributed by atoms with E-state index < -0.39 is 10.5 Å². The monoisotopic (exact) mass is 414 g/mol. The number of hydrogen-bond acceptors (Lipinski definition) is 7. The second kappa shape index (κ2) is 8.93. The first kappa shape index (κ1) is 20.0. The van der Waals surface area contributed by atoms with E-state index in [-0.39, 0.29) is 23.2 Å². The maximum absolute atomic E-state index is 12.5. The highest BCUT2D eigenvalue weighted by molar-refractivity contribution is 6.32. The van der Waals surface area contributed by atoms with Gasteiger partial charge in [-0.05, 0) is 24.3 Å². The van der Waals surface area contributed by atoms with Crippen LogP contribution < -0.4 is 16.2 Å². The topological polar surface area (TPSA) is 132 Å². The van der Waals surface area contributed by atoms with Gasteiger partial charge in [-0.2, -0.15) is 9.78 Å². The molecule has 3 rings (SSSR count). The van der Waals surface area contributed by atoms with Crippen molar-refractivity contribution in [2.45, 2.75) is 0 Å². The molecule has 1 aromatic carbocycles. The number of carbonyl (C=O) groups excluding carboxylic acids is 1. The number of non-ortho nitro benzene ring substituents is 1. The van der Waals surface area contributed by atoms with Crippen molar-refractivity contribution in [1.29, 1.82) is 0 Å². The minimum absolute atomic E-state index is 0.0862. The SMILES string of the molecule is O=C(NCCNc1cnn(-c2ccc([N+](=O)[O-])cc2)c(=O)c1Cl)c1cccnc1. The molecule has 0 aliphatic carbocycles. The van der Waals surface area contributed by atoms with Crippen molar-refractivity contribution < 1.29 is 9.72 Å². The third kappa shape index (κ3) is 4.74. The summed E-state index contributed by atoms with van der Waals surface area (Å²) in [5.74, 6) is -0.266. The molecule has 148 valence electrons. The second-order valence-electron chi connectivity index (χ2n) is 5.79. The number of hydrogen-bond donors (Lipinski definition) is 2. The van der Waals surface area contributed by atoms with Crippen LogP contribution in [0.15, 0.2) is 59.8 Å². The summed E-state index contributed by atoms with van der Waals surface area (Å²) in [7, 11) is 0. The Balaban J connectivity index is 1.63. The summed E-state index contributed by atoms with van der Waals surface area (Å²) in [4.78, 5) is 38.5. The fourth-order valence-electron chi connectivity index (χ4n) is 2.43. The lowest BCUT2D eigenvalue weighted by atomic mass is 10.3. The Morgan fingerprint density at radius 2 is 1.93 bits per heavy atom. The number of nitro groups is 1. The van der Waals surface area contributed by atoms with E-state index in [0.717, 1.165) is 4.68 Å². The van der Waals surface area contributed by atoms with Crippen LogP contribution in [0.5, 0.6) is 0 Å². The van der Waals surface area contributed by atoms with Crippen LogP contribution in [0.3, 0.4) is 0 Å². The van der Waals surface area contributed by atoms with Gasteiger partial charge >= 0.3 is 0 Å². The lowest BCUT2D eigenvalue weighted by Crippen LogP contribution is -2.29. The van der Waals surface area contributed by atoms with E-state index >= 15 is 0 Å². The standard InChI is InChI=1S/C18H15ClN6O4/c19-16-15(21-8-9-22-17(26)12-2-1-7-20-10-12)11-23-24(18(16)27)13-3-5-14(6-4-13)25(28)29/h1-7,10-11,21H,8-9H2,(H,22,26). The van der Waals surface area contributed by atoms with Crippen LogP contribution in [-0.2, 0) is 0 Å². The van der Waals surface area contributed by atoms with Crippen LogP contribution in [0.2, 0.25) is 5.02 Å². The molecule has 0 radical (unpaired) electrons. The third-order valence-electron chi connectivity index (χ3n) is 3.87. The summed E-state index contributed by atoms with van der Waals surface area (Å²) in [6.45, 7) is 0.601. The van der Waals surface area contributed by atoms with Gasteiger partial charge in [-0.3, -0.25) is 24.7 Å². The van der Waals surface area contributed by atoms with Crippen molar-refractivity contribution in [3.05, 3.63) is 86.0 Å². The fourth-order valence-corrected chi connectivity index (χ4v) is 2.62. The maximum atomic E-state index is 12.5. The van der Waals surface area contributed by atoms with Gasteiger partial charge in [0, 0.05) is 37.6 Å². The van der Waals surface area contributed by atoms with Gasteiger partial charge in [0.2, 0.25) is 0 Å². The van der Waals surface area contributed by atoms with Gasteiger partial charge in [0.1, 0.15) is 5.02 Å². The van der Waals surface area contributed by atoms with E-state index in [1.165, 1.54) is 36.7 Å². The molecule has 0 fully saturated rings. The quantitative estimate of drug-likeness (QED) is 0.343. The van der Waals surface area contributed by atoms with Gasteiger partial charge in [0.05, 0.1) is 28.1 Å². The molecule has 29 heavy (non-hydrogen) atoms. The molecule has 3 aromatic rings. The summed E-state index contributed by atoms with van der Waals surface area (Å²) in [6.07, 6.45) is 4.40. The van der Waals surface area contributed by atoms with E-state index in [1.807, 2.05) is 0 Å². The summed E-state index contributed by atoms with van der Waals surface area (Å²) in [6, 6.07) is 8.67. The summed E-state index contributed by atoms with van der Waals surface area (Å²) in [5.41, 5.74) is 0.422. The van der Waals surface area contributed by atoms with Gasteiger partial charge in [0.15, 0.2) is 0 Å². The molecule has 0 aliphatic rings. The van der Waals surface area contributed by atoms with Crippen molar-refractivity contribution in [2.75, 3.05) is 18.4 Å². The first-order valence-electron chi connectivity index (χ1n) is 8.42. The van der Waals surface area contributed by atoms with Crippen molar-refractivity contribution >= 4 is 28.9 Å². The molecule has 1 amide bonds. The average molecular weight is 415 g/mol. The number of aromatic nitrogens is 3. The molecule has 2 heterocycles. The first-order valence-corrected chi connectivity index (χ1v) is 8.80. The maximum Gasteiger partial charge on any atom is 0.292 e. The molecule has 2 N–H and O–H groups in total. The number of carbonyl (C=O) groups is 1. The summed E-state index contributed by atoms with van der Waals surface area (Å²) >= 11 is 6.13. The number of nitrogens with zero attached hydrogens (tertiary/aromatic N) is 4. The van der Waals surface area contributed by atoms with Gasteiger partial charge in [-0.15, -0.1) is 0 Å². The van der Waals surface area contributed by atoms with E-state index in [0.29, 0.717) is 23.5 Å². The third-order valence-corrected chi connectivity index (χ3v) is 4.24. The van der Waals surface area contributed by atoms with Gasteiger partial charge in [0.25, 0.3) is 17.2 Å². The number of nitro benzene ring substituents is 1. The zero-order chi connectivity index (χ0) is 20.8. The number of benzene rings is 1. The molecule has 0 saturated carbocycles. The zero-order valence-corrected chi connectivity index (χ0v) is 15.7. The van der Waals surface area contributed by atoms with Crippen LogP contribution in [0.4, 0.5) is 11.4 Å². The number of pyridine rings is 1. The molecule has 2 aromatic heterocycles.